The monoisotopic (exact) mass is 257 g/mol. The molecule has 3 rings (SSSR count). The van der Waals surface area contributed by atoms with Crippen molar-refractivity contribution in [3.8, 4) is 0 Å². The summed E-state index contributed by atoms with van der Waals surface area (Å²) in [5.41, 5.74) is 0.632. The van der Waals surface area contributed by atoms with E-state index in [1.54, 1.807) is 17.0 Å². The van der Waals surface area contributed by atoms with Crippen LogP contribution in [0, 0.1) is 0 Å². The number of nitrogens with one attached hydrogen (secondary N) is 1. The molecule has 1 aromatic carbocycles. The Hall–Kier alpha value is -2.30. The number of hydrogen-bond acceptors (Lipinski definition) is 2. The van der Waals surface area contributed by atoms with Crippen molar-refractivity contribution in [3.05, 3.63) is 53.2 Å². The molecule has 1 N–H and O–H groups in total. The molecule has 0 atom stereocenters. The van der Waals surface area contributed by atoms with Gasteiger partial charge in [-0.05, 0) is 25.0 Å². The molecule has 1 heterocycles. The SMILES string of the molecule is O=C(Cn1ccn(C2CC2)c1=O)Nc1ccccc1. The third-order valence-electron chi connectivity index (χ3n) is 3.19. The molecule has 0 unspecified atom stereocenters. The average Bonchev–Trinajstić information content (AvgIpc) is 3.18. The van der Waals surface area contributed by atoms with Gasteiger partial charge in [0.25, 0.3) is 0 Å². The van der Waals surface area contributed by atoms with Crippen molar-refractivity contribution in [3.63, 3.8) is 0 Å². The summed E-state index contributed by atoms with van der Waals surface area (Å²) in [7, 11) is 0. The van der Waals surface area contributed by atoms with E-state index in [1.165, 1.54) is 4.57 Å². The number of rotatable bonds is 4. The van der Waals surface area contributed by atoms with Crippen LogP contribution in [-0.4, -0.2) is 15.0 Å². The molecule has 1 aliphatic carbocycles. The minimum absolute atomic E-state index is 0.0491. The summed E-state index contributed by atoms with van der Waals surface area (Å²) in [5.74, 6) is -0.193. The van der Waals surface area contributed by atoms with Crippen LogP contribution in [0.2, 0.25) is 0 Å². The van der Waals surface area contributed by atoms with E-state index in [2.05, 4.69) is 5.32 Å². The minimum Gasteiger partial charge on any atom is -0.325 e. The highest BCUT2D eigenvalue weighted by atomic mass is 16.2. The molecule has 19 heavy (non-hydrogen) atoms. The molecule has 0 radical (unpaired) electrons. The predicted octanol–water partition coefficient (Wildman–Crippen LogP) is 1.62. The molecule has 2 aromatic rings. The highest BCUT2D eigenvalue weighted by Gasteiger charge is 2.25. The van der Waals surface area contributed by atoms with Crippen molar-refractivity contribution in [2.75, 3.05) is 5.32 Å². The van der Waals surface area contributed by atoms with E-state index in [0.29, 0.717) is 6.04 Å². The molecule has 1 fully saturated rings. The van der Waals surface area contributed by atoms with E-state index in [-0.39, 0.29) is 18.1 Å². The van der Waals surface area contributed by atoms with E-state index < -0.39 is 0 Å². The van der Waals surface area contributed by atoms with Gasteiger partial charge in [-0.2, -0.15) is 0 Å². The number of benzene rings is 1. The van der Waals surface area contributed by atoms with Crippen LogP contribution >= 0.6 is 0 Å². The van der Waals surface area contributed by atoms with E-state index in [4.69, 9.17) is 0 Å². The summed E-state index contributed by atoms with van der Waals surface area (Å²) in [5, 5.41) is 2.76. The summed E-state index contributed by atoms with van der Waals surface area (Å²) >= 11 is 0. The molecule has 1 saturated carbocycles. The van der Waals surface area contributed by atoms with Gasteiger partial charge in [0.2, 0.25) is 5.91 Å². The summed E-state index contributed by atoms with van der Waals surface area (Å²) in [4.78, 5) is 23.8. The number of hydrogen-bond donors (Lipinski definition) is 1. The Balaban J connectivity index is 1.68. The molecular weight excluding hydrogens is 242 g/mol. The molecule has 1 aromatic heterocycles. The first-order valence-electron chi connectivity index (χ1n) is 6.36. The summed E-state index contributed by atoms with van der Waals surface area (Å²) in [6.45, 7) is 0.0491. The lowest BCUT2D eigenvalue weighted by molar-refractivity contribution is -0.116. The number of carbonyl (C=O) groups is 1. The van der Waals surface area contributed by atoms with Gasteiger partial charge in [-0.25, -0.2) is 4.79 Å². The van der Waals surface area contributed by atoms with E-state index in [9.17, 15) is 9.59 Å². The fourth-order valence-corrected chi connectivity index (χ4v) is 2.06. The van der Waals surface area contributed by atoms with Crippen molar-refractivity contribution < 1.29 is 4.79 Å². The van der Waals surface area contributed by atoms with Crippen molar-refractivity contribution in [2.24, 2.45) is 0 Å². The number of imidazole rings is 1. The van der Waals surface area contributed by atoms with E-state index in [1.807, 2.05) is 30.3 Å². The molecule has 0 aliphatic heterocycles. The number of para-hydroxylation sites is 1. The van der Waals surface area contributed by atoms with E-state index >= 15 is 0 Å². The summed E-state index contributed by atoms with van der Waals surface area (Å²) in [6, 6.07) is 9.56. The second kappa shape index (κ2) is 4.76. The quantitative estimate of drug-likeness (QED) is 0.905. The molecule has 98 valence electrons. The van der Waals surface area contributed by atoms with Crippen LogP contribution in [-0.2, 0) is 11.3 Å². The summed E-state index contributed by atoms with van der Waals surface area (Å²) in [6.07, 6.45) is 5.54. The Morgan fingerprint density at radius 1 is 1.21 bits per heavy atom. The van der Waals surface area contributed by atoms with Crippen LogP contribution in [0.25, 0.3) is 0 Å². The number of aromatic nitrogens is 2. The molecule has 5 heteroatoms. The van der Waals surface area contributed by atoms with Gasteiger partial charge in [-0.3, -0.25) is 13.9 Å². The zero-order valence-electron chi connectivity index (χ0n) is 10.5. The standard InChI is InChI=1S/C14H15N3O2/c18-13(15-11-4-2-1-3-5-11)10-16-8-9-17(14(16)19)12-6-7-12/h1-5,8-9,12H,6-7,10H2,(H,15,18). The van der Waals surface area contributed by atoms with Crippen LogP contribution in [0.1, 0.15) is 18.9 Å². The third kappa shape index (κ3) is 2.59. The molecule has 5 nitrogen and oxygen atoms in total. The van der Waals surface area contributed by atoms with Crippen LogP contribution in [0.4, 0.5) is 5.69 Å². The second-order valence-corrected chi connectivity index (χ2v) is 4.76. The smallest absolute Gasteiger partial charge is 0.325 e. The van der Waals surface area contributed by atoms with Gasteiger partial charge in [0, 0.05) is 24.1 Å². The van der Waals surface area contributed by atoms with Gasteiger partial charge in [-0.15, -0.1) is 0 Å². The molecule has 1 aliphatic rings. The van der Waals surface area contributed by atoms with Gasteiger partial charge in [-0.1, -0.05) is 18.2 Å². The maximum absolute atomic E-state index is 12.0. The predicted molar refractivity (Wildman–Crippen MR) is 72.0 cm³/mol. The van der Waals surface area contributed by atoms with Crippen molar-refractivity contribution >= 4 is 11.6 Å². The van der Waals surface area contributed by atoms with Gasteiger partial charge in [0.15, 0.2) is 0 Å². The lowest BCUT2D eigenvalue weighted by atomic mass is 10.3. The number of amides is 1. The maximum atomic E-state index is 12.0. The average molecular weight is 257 g/mol. The van der Waals surface area contributed by atoms with E-state index in [0.717, 1.165) is 18.5 Å². The minimum atomic E-state index is -0.193. The first-order chi connectivity index (χ1) is 9.24. The topological polar surface area (TPSA) is 56.0 Å². The third-order valence-corrected chi connectivity index (χ3v) is 3.19. The molecule has 1 amide bonds. The second-order valence-electron chi connectivity index (χ2n) is 4.76. The van der Waals surface area contributed by atoms with Gasteiger partial charge in [0.05, 0.1) is 0 Å². The van der Waals surface area contributed by atoms with Crippen LogP contribution in [0.5, 0.6) is 0 Å². The number of anilines is 1. The van der Waals surface area contributed by atoms with Crippen molar-refractivity contribution in [1.82, 2.24) is 9.13 Å². The molecule has 0 bridgehead atoms. The molecular formula is C14H15N3O2. The maximum Gasteiger partial charge on any atom is 0.328 e. The van der Waals surface area contributed by atoms with Gasteiger partial charge >= 0.3 is 5.69 Å². The lowest BCUT2D eigenvalue weighted by Gasteiger charge is -2.05. The normalized spacial score (nSPS) is 14.3. The van der Waals surface area contributed by atoms with Gasteiger partial charge in [0.1, 0.15) is 6.54 Å². The fraction of sp³-hybridized carbons (Fsp3) is 0.286. The largest absolute Gasteiger partial charge is 0.328 e. The van der Waals surface area contributed by atoms with Crippen LogP contribution < -0.4 is 11.0 Å². The zero-order chi connectivity index (χ0) is 13.2. The zero-order valence-corrected chi connectivity index (χ0v) is 10.5. The lowest BCUT2D eigenvalue weighted by Crippen LogP contribution is -2.28. The Morgan fingerprint density at radius 3 is 2.63 bits per heavy atom. The number of carbonyl (C=O) groups excluding carboxylic acids is 1. The first kappa shape index (κ1) is 11.8. The fourth-order valence-electron chi connectivity index (χ4n) is 2.06. The Labute approximate surface area is 110 Å². The van der Waals surface area contributed by atoms with Crippen LogP contribution in [0.15, 0.2) is 47.5 Å². The highest BCUT2D eigenvalue weighted by molar-refractivity contribution is 5.90. The Morgan fingerprint density at radius 2 is 1.95 bits per heavy atom. The Bertz CT molecular complexity index is 638. The van der Waals surface area contributed by atoms with Gasteiger partial charge < -0.3 is 5.32 Å². The molecule has 0 saturated heterocycles. The Kier molecular flexibility index (Phi) is 2.95. The summed E-state index contributed by atoms with van der Waals surface area (Å²) < 4.78 is 3.15. The highest BCUT2D eigenvalue weighted by Crippen LogP contribution is 2.33. The number of nitrogens with zero attached hydrogens (tertiary/aromatic N) is 2. The first-order valence-corrected chi connectivity index (χ1v) is 6.36. The van der Waals surface area contributed by atoms with Crippen molar-refractivity contribution in [1.29, 1.82) is 0 Å². The molecule has 0 spiro atoms. The van der Waals surface area contributed by atoms with Crippen LogP contribution in [0.3, 0.4) is 0 Å². The van der Waals surface area contributed by atoms with Crippen molar-refractivity contribution in [2.45, 2.75) is 25.4 Å².